The van der Waals surface area contributed by atoms with Crippen LogP contribution in [0.3, 0.4) is 0 Å². The Morgan fingerprint density at radius 1 is 1.22 bits per heavy atom. The third kappa shape index (κ3) is 6.63. The van der Waals surface area contributed by atoms with Gasteiger partial charge in [-0.2, -0.15) is 0 Å². The zero-order chi connectivity index (χ0) is 19.6. The first-order valence-electron chi connectivity index (χ1n) is 9.03. The molecule has 0 aliphatic heterocycles. The van der Waals surface area contributed by atoms with Gasteiger partial charge in [0.2, 0.25) is 0 Å². The van der Waals surface area contributed by atoms with Crippen molar-refractivity contribution in [2.24, 2.45) is 4.99 Å². The van der Waals surface area contributed by atoms with Crippen LogP contribution in [0.25, 0.3) is 0 Å². The van der Waals surface area contributed by atoms with Crippen molar-refractivity contribution in [2.75, 3.05) is 19.6 Å². The molecule has 0 aliphatic carbocycles. The highest BCUT2D eigenvalue weighted by atomic mass is 32.1. The predicted molar refractivity (Wildman–Crippen MR) is 108 cm³/mol. The van der Waals surface area contributed by atoms with Gasteiger partial charge >= 0.3 is 0 Å². The van der Waals surface area contributed by atoms with Gasteiger partial charge in [0.15, 0.2) is 5.96 Å². The molecule has 27 heavy (non-hydrogen) atoms. The Bertz CT molecular complexity index is 790. The lowest BCUT2D eigenvalue weighted by atomic mass is 10.1. The van der Waals surface area contributed by atoms with E-state index in [4.69, 9.17) is 0 Å². The lowest BCUT2D eigenvalue weighted by Gasteiger charge is -2.11. The molecule has 0 aliphatic rings. The molecule has 2 rings (SSSR count). The van der Waals surface area contributed by atoms with E-state index in [2.05, 4.69) is 32.9 Å². The first-order chi connectivity index (χ1) is 13.0. The van der Waals surface area contributed by atoms with Gasteiger partial charge < -0.3 is 16.0 Å². The number of nitrogens with one attached hydrogen (secondary N) is 3. The molecular formula is C19H26FN5OS. The van der Waals surface area contributed by atoms with Crippen molar-refractivity contribution < 1.29 is 9.18 Å². The number of benzene rings is 1. The SMILES string of the molecule is CCNC(=NCc1ncc(CC)s1)NCCNC(=O)c1ccc(C)c(F)c1. The van der Waals surface area contributed by atoms with E-state index in [0.29, 0.717) is 36.7 Å². The zero-order valence-corrected chi connectivity index (χ0v) is 16.8. The fraction of sp³-hybridized carbons (Fsp3) is 0.421. The minimum absolute atomic E-state index is 0.299. The van der Waals surface area contributed by atoms with Gasteiger partial charge in [0.05, 0.1) is 6.54 Å². The maximum absolute atomic E-state index is 13.5. The number of amides is 1. The highest BCUT2D eigenvalue weighted by molar-refractivity contribution is 7.11. The molecular weight excluding hydrogens is 365 g/mol. The molecule has 0 fully saturated rings. The number of aromatic nitrogens is 1. The van der Waals surface area contributed by atoms with Crippen molar-refractivity contribution >= 4 is 23.2 Å². The summed E-state index contributed by atoms with van der Waals surface area (Å²) in [5.41, 5.74) is 0.833. The molecule has 6 nitrogen and oxygen atoms in total. The van der Waals surface area contributed by atoms with Crippen molar-refractivity contribution in [3.63, 3.8) is 0 Å². The van der Waals surface area contributed by atoms with Crippen LogP contribution in [0.1, 0.15) is 39.7 Å². The molecule has 0 unspecified atom stereocenters. The molecule has 0 spiro atoms. The zero-order valence-electron chi connectivity index (χ0n) is 15.9. The molecule has 0 radical (unpaired) electrons. The van der Waals surface area contributed by atoms with Crippen molar-refractivity contribution in [3.05, 3.63) is 51.2 Å². The van der Waals surface area contributed by atoms with E-state index in [0.717, 1.165) is 18.0 Å². The Hall–Kier alpha value is -2.48. The Labute approximate surface area is 163 Å². The number of aliphatic imine (C=N–C) groups is 1. The second-order valence-electron chi connectivity index (χ2n) is 5.92. The normalized spacial score (nSPS) is 11.3. The van der Waals surface area contributed by atoms with Crippen LogP contribution in [-0.4, -0.2) is 36.5 Å². The quantitative estimate of drug-likeness (QED) is 0.367. The third-order valence-electron chi connectivity index (χ3n) is 3.80. The number of halogens is 1. The van der Waals surface area contributed by atoms with Crippen LogP contribution in [0.5, 0.6) is 0 Å². The van der Waals surface area contributed by atoms with Crippen molar-refractivity contribution in [3.8, 4) is 0 Å². The molecule has 0 atom stereocenters. The molecule has 0 saturated heterocycles. The van der Waals surface area contributed by atoms with Crippen LogP contribution in [-0.2, 0) is 13.0 Å². The number of guanidine groups is 1. The monoisotopic (exact) mass is 391 g/mol. The van der Waals surface area contributed by atoms with Gasteiger partial charge in [-0.05, 0) is 38.0 Å². The molecule has 0 saturated carbocycles. The number of hydrogen-bond donors (Lipinski definition) is 3. The first kappa shape index (κ1) is 20.8. The largest absolute Gasteiger partial charge is 0.357 e. The average molecular weight is 392 g/mol. The lowest BCUT2D eigenvalue weighted by Crippen LogP contribution is -2.41. The molecule has 1 aromatic carbocycles. The fourth-order valence-corrected chi connectivity index (χ4v) is 3.05. The Morgan fingerprint density at radius 2 is 2.00 bits per heavy atom. The summed E-state index contributed by atoms with van der Waals surface area (Å²) in [5.74, 6) is -0.00958. The van der Waals surface area contributed by atoms with E-state index < -0.39 is 0 Å². The van der Waals surface area contributed by atoms with Gasteiger partial charge in [-0.15, -0.1) is 11.3 Å². The molecule has 1 aromatic heterocycles. The van der Waals surface area contributed by atoms with E-state index >= 15 is 0 Å². The molecule has 0 bridgehead atoms. The number of nitrogens with zero attached hydrogens (tertiary/aromatic N) is 2. The van der Waals surface area contributed by atoms with E-state index in [1.807, 2.05) is 13.1 Å². The van der Waals surface area contributed by atoms with Gasteiger partial charge in [-0.3, -0.25) is 4.79 Å². The topological polar surface area (TPSA) is 78.4 Å². The second kappa shape index (κ2) is 10.6. The standard InChI is InChI=1S/C19H26FN5OS/c1-4-15-11-24-17(27-15)12-25-19(21-5-2)23-9-8-22-18(26)14-7-6-13(3)16(20)10-14/h6-7,10-11H,4-5,8-9,12H2,1-3H3,(H,22,26)(H2,21,23,25). The van der Waals surface area contributed by atoms with E-state index in [1.54, 1.807) is 30.4 Å². The minimum atomic E-state index is -0.379. The van der Waals surface area contributed by atoms with Gasteiger partial charge in [0.1, 0.15) is 10.8 Å². The number of carbonyl (C=O) groups is 1. The van der Waals surface area contributed by atoms with E-state index in [1.165, 1.54) is 10.9 Å². The lowest BCUT2D eigenvalue weighted by molar-refractivity contribution is 0.0954. The molecule has 1 amide bonds. The summed E-state index contributed by atoms with van der Waals surface area (Å²) in [7, 11) is 0. The Kier molecular flexibility index (Phi) is 8.19. The molecule has 146 valence electrons. The van der Waals surface area contributed by atoms with Gasteiger partial charge in [0, 0.05) is 36.3 Å². The van der Waals surface area contributed by atoms with Crippen LogP contribution >= 0.6 is 11.3 Å². The van der Waals surface area contributed by atoms with Crippen molar-refractivity contribution in [1.82, 2.24) is 20.9 Å². The van der Waals surface area contributed by atoms with Gasteiger partial charge in [0.25, 0.3) is 5.91 Å². The molecule has 8 heteroatoms. The third-order valence-corrected chi connectivity index (χ3v) is 4.93. The highest BCUT2D eigenvalue weighted by Crippen LogP contribution is 2.14. The van der Waals surface area contributed by atoms with Crippen LogP contribution in [0.4, 0.5) is 4.39 Å². The summed E-state index contributed by atoms with van der Waals surface area (Å²) in [4.78, 5) is 22.2. The maximum atomic E-state index is 13.5. The highest BCUT2D eigenvalue weighted by Gasteiger charge is 2.07. The number of hydrogen-bond acceptors (Lipinski definition) is 4. The number of rotatable bonds is 8. The summed E-state index contributed by atoms with van der Waals surface area (Å²) in [6, 6.07) is 4.47. The van der Waals surface area contributed by atoms with Gasteiger partial charge in [-0.1, -0.05) is 13.0 Å². The second-order valence-corrected chi connectivity index (χ2v) is 7.12. The number of thiazole rings is 1. The smallest absolute Gasteiger partial charge is 0.251 e. The Balaban J connectivity index is 1.80. The maximum Gasteiger partial charge on any atom is 0.251 e. The summed E-state index contributed by atoms with van der Waals surface area (Å²) in [6.45, 7) is 7.90. The fourth-order valence-electron chi connectivity index (χ4n) is 2.27. The first-order valence-corrected chi connectivity index (χ1v) is 9.85. The minimum Gasteiger partial charge on any atom is -0.357 e. The van der Waals surface area contributed by atoms with Crippen LogP contribution < -0.4 is 16.0 Å². The van der Waals surface area contributed by atoms with E-state index in [-0.39, 0.29) is 11.7 Å². The molecule has 1 heterocycles. The van der Waals surface area contributed by atoms with Crippen LogP contribution in [0.2, 0.25) is 0 Å². The number of carbonyl (C=O) groups excluding carboxylic acids is 1. The molecule has 3 N–H and O–H groups in total. The summed E-state index contributed by atoms with van der Waals surface area (Å²) >= 11 is 1.66. The average Bonchev–Trinajstić information content (AvgIpc) is 3.13. The summed E-state index contributed by atoms with van der Waals surface area (Å²) < 4.78 is 13.5. The van der Waals surface area contributed by atoms with Crippen molar-refractivity contribution in [1.29, 1.82) is 0 Å². The summed E-state index contributed by atoms with van der Waals surface area (Å²) in [5, 5.41) is 10.1. The van der Waals surface area contributed by atoms with Crippen LogP contribution in [0.15, 0.2) is 29.4 Å². The molecule has 2 aromatic rings. The van der Waals surface area contributed by atoms with Gasteiger partial charge in [-0.25, -0.2) is 14.4 Å². The Morgan fingerprint density at radius 3 is 2.67 bits per heavy atom. The summed E-state index contributed by atoms with van der Waals surface area (Å²) in [6.07, 6.45) is 2.86. The van der Waals surface area contributed by atoms with Crippen LogP contribution in [0, 0.1) is 12.7 Å². The van der Waals surface area contributed by atoms with Crippen molar-refractivity contribution in [2.45, 2.75) is 33.7 Å². The predicted octanol–water partition coefficient (Wildman–Crippen LogP) is 2.64. The van der Waals surface area contributed by atoms with E-state index in [9.17, 15) is 9.18 Å². The number of aryl methyl sites for hydroxylation is 2.